The van der Waals surface area contributed by atoms with Gasteiger partial charge < -0.3 is 4.79 Å². The second kappa shape index (κ2) is 6.97. The van der Waals surface area contributed by atoms with Gasteiger partial charge in [-0.3, -0.25) is 9.69 Å². The van der Waals surface area contributed by atoms with Crippen molar-refractivity contribution in [2.45, 2.75) is 0 Å². The van der Waals surface area contributed by atoms with Gasteiger partial charge in [0.15, 0.2) is 0 Å². The predicted octanol–water partition coefficient (Wildman–Crippen LogP) is 0.985. The Hall–Kier alpha value is -1.48. The standard InChI is InChI=1S/C11H15NO2/c1-4-10(11(5-2)9-14)8-12(3)6-7-13/h4-5,7,9H,1-2,6,8H2,3H3/b11-10-. The Labute approximate surface area is 84.4 Å². The summed E-state index contributed by atoms with van der Waals surface area (Å²) >= 11 is 0. The molecule has 0 saturated carbocycles. The molecule has 0 aliphatic carbocycles. The summed E-state index contributed by atoms with van der Waals surface area (Å²) in [5.41, 5.74) is 1.29. The summed E-state index contributed by atoms with van der Waals surface area (Å²) in [6.45, 7) is 7.99. The van der Waals surface area contributed by atoms with Crippen LogP contribution in [0.1, 0.15) is 0 Å². The van der Waals surface area contributed by atoms with Crippen LogP contribution in [-0.4, -0.2) is 37.6 Å². The fraction of sp³-hybridized carbons (Fsp3) is 0.273. The van der Waals surface area contributed by atoms with Crippen LogP contribution in [0.5, 0.6) is 0 Å². The van der Waals surface area contributed by atoms with Gasteiger partial charge >= 0.3 is 0 Å². The number of aldehydes is 2. The van der Waals surface area contributed by atoms with Crippen molar-refractivity contribution in [3.05, 3.63) is 36.5 Å². The Morgan fingerprint density at radius 3 is 2.29 bits per heavy atom. The predicted molar refractivity (Wildman–Crippen MR) is 57.0 cm³/mol. The van der Waals surface area contributed by atoms with Gasteiger partial charge in [-0.25, -0.2) is 0 Å². The molecule has 0 N–H and O–H groups in total. The van der Waals surface area contributed by atoms with Gasteiger partial charge in [0.2, 0.25) is 0 Å². The minimum absolute atomic E-state index is 0.334. The van der Waals surface area contributed by atoms with E-state index in [-0.39, 0.29) is 0 Å². The van der Waals surface area contributed by atoms with Crippen LogP contribution >= 0.6 is 0 Å². The number of nitrogens with zero attached hydrogens (tertiary/aromatic N) is 1. The molecule has 0 spiro atoms. The Morgan fingerprint density at radius 1 is 1.29 bits per heavy atom. The molecule has 0 rings (SSSR count). The van der Waals surface area contributed by atoms with Crippen LogP contribution in [-0.2, 0) is 9.59 Å². The molecule has 0 unspecified atom stereocenters. The van der Waals surface area contributed by atoms with Crippen LogP contribution in [0.2, 0.25) is 0 Å². The lowest BCUT2D eigenvalue weighted by Gasteiger charge is -2.14. The van der Waals surface area contributed by atoms with Gasteiger partial charge in [-0.1, -0.05) is 25.3 Å². The number of allylic oxidation sites excluding steroid dienone is 2. The quantitative estimate of drug-likeness (QED) is 0.343. The van der Waals surface area contributed by atoms with Crippen molar-refractivity contribution in [2.24, 2.45) is 0 Å². The van der Waals surface area contributed by atoms with Gasteiger partial charge in [-0.2, -0.15) is 0 Å². The fourth-order valence-corrected chi connectivity index (χ4v) is 1.01. The maximum Gasteiger partial charge on any atom is 0.150 e. The molecule has 0 aromatic rings. The summed E-state index contributed by atoms with van der Waals surface area (Å²) in [6.07, 6.45) is 4.64. The highest BCUT2D eigenvalue weighted by Gasteiger charge is 2.03. The van der Waals surface area contributed by atoms with E-state index in [1.807, 2.05) is 0 Å². The van der Waals surface area contributed by atoms with Crippen LogP contribution in [0.3, 0.4) is 0 Å². The molecule has 14 heavy (non-hydrogen) atoms. The van der Waals surface area contributed by atoms with Crippen molar-refractivity contribution in [3.63, 3.8) is 0 Å². The lowest BCUT2D eigenvalue weighted by Crippen LogP contribution is -2.23. The summed E-state index contributed by atoms with van der Waals surface area (Å²) < 4.78 is 0. The van der Waals surface area contributed by atoms with E-state index in [0.29, 0.717) is 18.7 Å². The highest BCUT2D eigenvalue weighted by molar-refractivity contribution is 5.79. The molecule has 0 saturated heterocycles. The van der Waals surface area contributed by atoms with E-state index >= 15 is 0 Å². The summed E-state index contributed by atoms with van der Waals surface area (Å²) in [5, 5.41) is 0. The lowest BCUT2D eigenvalue weighted by molar-refractivity contribution is -0.108. The maximum atomic E-state index is 10.6. The zero-order chi connectivity index (χ0) is 11.0. The van der Waals surface area contributed by atoms with E-state index in [1.54, 1.807) is 18.0 Å². The van der Waals surface area contributed by atoms with Crippen molar-refractivity contribution in [2.75, 3.05) is 20.1 Å². The number of rotatable bonds is 7. The van der Waals surface area contributed by atoms with Crippen LogP contribution in [0.4, 0.5) is 0 Å². The first-order chi connectivity index (χ1) is 6.69. The van der Waals surface area contributed by atoms with Crippen LogP contribution in [0.15, 0.2) is 36.5 Å². The minimum Gasteiger partial charge on any atom is -0.302 e. The summed E-state index contributed by atoms with van der Waals surface area (Å²) in [6, 6.07) is 0. The third-order valence-corrected chi connectivity index (χ3v) is 1.79. The van der Waals surface area contributed by atoms with Crippen molar-refractivity contribution in [3.8, 4) is 0 Å². The first kappa shape index (κ1) is 12.5. The molecule has 76 valence electrons. The largest absolute Gasteiger partial charge is 0.302 e. The lowest BCUT2D eigenvalue weighted by atomic mass is 10.1. The number of hydrogen-bond acceptors (Lipinski definition) is 3. The van der Waals surface area contributed by atoms with E-state index in [0.717, 1.165) is 18.1 Å². The van der Waals surface area contributed by atoms with E-state index in [4.69, 9.17) is 0 Å². The summed E-state index contributed by atoms with van der Waals surface area (Å²) in [7, 11) is 1.80. The van der Waals surface area contributed by atoms with E-state index in [9.17, 15) is 9.59 Å². The molecule has 0 aliphatic heterocycles. The molecule has 0 amide bonds. The second-order valence-corrected chi connectivity index (χ2v) is 2.87. The number of likely N-dealkylation sites (N-methyl/N-ethyl adjacent to an activating group) is 1. The Balaban J connectivity index is 4.63. The molecule has 0 bridgehead atoms. The van der Waals surface area contributed by atoms with E-state index in [2.05, 4.69) is 13.2 Å². The number of carbonyl (C=O) groups is 2. The molecule has 0 aromatic carbocycles. The number of carbonyl (C=O) groups excluding carboxylic acids is 2. The molecule has 0 atom stereocenters. The highest BCUT2D eigenvalue weighted by Crippen LogP contribution is 2.06. The maximum absolute atomic E-state index is 10.6. The third kappa shape index (κ3) is 3.96. The molecule has 0 aromatic heterocycles. The zero-order valence-corrected chi connectivity index (χ0v) is 8.40. The van der Waals surface area contributed by atoms with Gasteiger partial charge in [-0.05, 0) is 12.6 Å². The molecule has 0 radical (unpaired) electrons. The normalized spacial score (nSPS) is 11.9. The van der Waals surface area contributed by atoms with Gasteiger partial charge in [-0.15, -0.1) is 0 Å². The monoisotopic (exact) mass is 193 g/mol. The first-order valence-corrected chi connectivity index (χ1v) is 4.25. The summed E-state index contributed by atoms with van der Waals surface area (Å²) in [4.78, 5) is 22.6. The van der Waals surface area contributed by atoms with Crippen molar-refractivity contribution in [1.29, 1.82) is 0 Å². The van der Waals surface area contributed by atoms with Crippen LogP contribution < -0.4 is 0 Å². The molecule has 0 aliphatic rings. The molecular weight excluding hydrogens is 178 g/mol. The van der Waals surface area contributed by atoms with E-state index < -0.39 is 0 Å². The van der Waals surface area contributed by atoms with Gasteiger partial charge in [0, 0.05) is 12.1 Å². The van der Waals surface area contributed by atoms with Gasteiger partial charge in [0.05, 0.1) is 6.54 Å². The van der Waals surface area contributed by atoms with Crippen molar-refractivity contribution >= 4 is 12.6 Å². The third-order valence-electron chi connectivity index (χ3n) is 1.79. The van der Waals surface area contributed by atoms with Crippen molar-refractivity contribution in [1.82, 2.24) is 4.90 Å². The average molecular weight is 193 g/mol. The first-order valence-electron chi connectivity index (χ1n) is 4.25. The molecule has 3 heteroatoms. The van der Waals surface area contributed by atoms with Crippen LogP contribution in [0.25, 0.3) is 0 Å². The minimum atomic E-state index is 0.334. The Bertz CT molecular complexity index is 256. The topological polar surface area (TPSA) is 37.4 Å². The van der Waals surface area contributed by atoms with Gasteiger partial charge in [0.1, 0.15) is 12.6 Å². The summed E-state index contributed by atoms with van der Waals surface area (Å²) in [5.74, 6) is 0. The second-order valence-electron chi connectivity index (χ2n) is 2.87. The number of hydrogen-bond donors (Lipinski definition) is 0. The molecule has 0 heterocycles. The average Bonchev–Trinajstić information content (AvgIpc) is 2.18. The van der Waals surface area contributed by atoms with Crippen molar-refractivity contribution < 1.29 is 9.59 Å². The van der Waals surface area contributed by atoms with Crippen LogP contribution in [0, 0.1) is 0 Å². The van der Waals surface area contributed by atoms with Gasteiger partial charge in [0.25, 0.3) is 0 Å². The molecular formula is C11H15NO2. The Morgan fingerprint density at radius 2 is 1.93 bits per heavy atom. The smallest absolute Gasteiger partial charge is 0.150 e. The molecule has 3 nitrogen and oxygen atoms in total. The Kier molecular flexibility index (Phi) is 6.24. The zero-order valence-electron chi connectivity index (χ0n) is 8.40. The van der Waals surface area contributed by atoms with E-state index in [1.165, 1.54) is 6.08 Å². The highest BCUT2D eigenvalue weighted by atomic mass is 16.1. The SMILES string of the molecule is C=C/C(C=O)=C(\C=C)CN(C)CC=O. The fourth-order valence-electron chi connectivity index (χ4n) is 1.01. The molecule has 0 fully saturated rings.